The number of thiocarbonyl (C=S) groups is 1. The molecule has 2 aromatic carbocycles. The fourth-order valence-electron chi connectivity index (χ4n) is 2.58. The summed E-state index contributed by atoms with van der Waals surface area (Å²) in [5, 5.41) is 10.5. The minimum atomic E-state index is -0.554. The summed E-state index contributed by atoms with van der Waals surface area (Å²) in [5.74, 6) is 0.112. The van der Waals surface area contributed by atoms with Gasteiger partial charge in [-0.15, -0.1) is 0 Å². The summed E-state index contributed by atoms with van der Waals surface area (Å²) >= 11 is 6.30. The highest BCUT2D eigenvalue weighted by Gasteiger charge is 2.33. The van der Waals surface area contributed by atoms with E-state index in [-0.39, 0.29) is 15.6 Å². The standard InChI is InChI=1S/C20H18N2O5S2/c1-3-27-15-8-7-12(9-16(15)26-2)10-17-19(25)22(20(28)29-17)21-18(24)13-5-4-6-14(23)11-13/h4-11,23H,3H2,1-2H3,(H,21,24)/b17-10-. The number of nitrogens with one attached hydrogen (secondary N) is 1. The number of carbonyl (C=O) groups is 2. The number of carbonyl (C=O) groups excluding carboxylic acids is 2. The van der Waals surface area contributed by atoms with Gasteiger partial charge in [0.1, 0.15) is 5.75 Å². The predicted molar refractivity (Wildman–Crippen MR) is 115 cm³/mol. The molecule has 0 bridgehead atoms. The first-order chi connectivity index (χ1) is 13.9. The molecule has 0 radical (unpaired) electrons. The Hall–Kier alpha value is -3.04. The number of ether oxygens (including phenoxy) is 2. The molecule has 0 aliphatic carbocycles. The van der Waals surface area contributed by atoms with Crippen LogP contribution in [0.1, 0.15) is 22.8 Å². The van der Waals surface area contributed by atoms with Crippen LogP contribution < -0.4 is 14.9 Å². The number of rotatable bonds is 6. The molecule has 9 heteroatoms. The first-order valence-electron chi connectivity index (χ1n) is 8.61. The summed E-state index contributed by atoms with van der Waals surface area (Å²) in [5.41, 5.74) is 3.41. The second kappa shape index (κ2) is 8.97. The average Bonchev–Trinajstić information content (AvgIpc) is 2.96. The number of hydrogen-bond acceptors (Lipinski definition) is 7. The third kappa shape index (κ3) is 4.69. The third-order valence-corrected chi connectivity index (χ3v) is 5.20. The van der Waals surface area contributed by atoms with E-state index >= 15 is 0 Å². The molecule has 150 valence electrons. The molecule has 3 rings (SSSR count). The van der Waals surface area contributed by atoms with E-state index < -0.39 is 11.8 Å². The molecule has 7 nitrogen and oxygen atoms in total. The molecule has 0 atom stereocenters. The number of aromatic hydroxyl groups is 1. The first kappa shape index (κ1) is 20.7. The Morgan fingerprint density at radius 1 is 1.28 bits per heavy atom. The van der Waals surface area contributed by atoms with Crippen LogP contribution >= 0.6 is 24.0 Å². The van der Waals surface area contributed by atoms with Crippen LogP contribution in [0, 0.1) is 0 Å². The van der Waals surface area contributed by atoms with Crippen molar-refractivity contribution in [3.8, 4) is 17.2 Å². The van der Waals surface area contributed by atoms with Crippen LogP contribution in [0.2, 0.25) is 0 Å². The van der Waals surface area contributed by atoms with Gasteiger partial charge in [0, 0.05) is 5.56 Å². The predicted octanol–water partition coefficient (Wildman–Crippen LogP) is 3.35. The minimum absolute atomic E-state index is 0.0487. The molecule has 1 aliphatic heterocycles. The van der Waals surface area contributed by atoms with Crippen molar-refractivity contribution in [1.82, 2.24) is 10.4 Å². The highest BCUT2D eigenvalue weighted by atomic mass is 32.2. The van der Waals surface area contributed by atoms with Crippen LogP contribution in [0.3, 0.4) is 0 Å². The number of thioether (sulfide) groups is 1. The lowest BCUT2D eigenvalue weighted by Gasteiger charge is -2.15. The second-order valence-electron chi connectivity index (χ2n) is 5.85. The van der Waals surface area contributed by atoms with Crippen LogP contribution in [0.4, 0.5) is 0 Å². The highest BCUT2D eigenvalue weighted by molar-refractivity contribution is 8.26. The molecule has 1 aliphatic rings. The Bertz CT molecular complexity index is 1010. The maximum atomic E-state index is 12.7. The number of methoxy groups -OCH3 is 1. The summed E-state index contributed by atoms with van der Waals surface area (Å²) in [6.07, 6.45) is 1.66. The van der Waals surface area contributed by atoms with Crippen molar-refractivity contribution in [1.29, 1.82) is 0 Å². The maximum absolute atomic E-state index is 12.7. The van der Waals surface area contributed by atoms with Crippen LogP contribution in [0.25, 0.3) is 6.08 Å². The van der Waals surface area contributed by atoms with Gasteiger partial charge in [-0.3, -0.25) is 15.0 Å². The van der Waals surface area contributed by atoms with E-state index in [9.17, 15) is 14.7 Å². The Morgan fingerprint density at radius 3 is 2.76 bits per heavy atom. The molecule has 1 heterocycles. The Balaban J connectivity index is 1.78. The monoisotopic (exact) mass is 430 g/mol. The van der Waals surface area contributed by atoms with Gasteiger partial charge in [0.25, 0.3) is 11.8 Å². The molecule has 2 N–H and O–H groups in total. The van der Waals surface area contributed by atoms with Crippen molar-refractivity contribution in [2.45, 2.75) is 6.92 Å². The quantitative estimate of drug-likeness (QED) is 0.537. The van der Waals surface area contributed by atoms with Crippen molar-refractivity contribution < 1.29 is 24.2 Å². The topological polar surface area (TPSA) is 88.1 Å². The number of nitrogens with zero attached hydrogens (tertiary/aromatic N) is 1. The number of amides is 2. The van der Waals surface area contributed by atoms with E-state index in [1.165, 1.54) is 31.4 Å². The Labute approximate surface area is 177 Å². The van der Waals surface area contributed by atoms with E-state index in [0.717, 1.165) is 22.3 Å². The van der Waals surface area contributed by atoms with Gasteiger partial charge in [0.2, 0.25) is 0 Å². The number of benzene rings is 2. The van der Waals surface area contributed by atoms with Crippen molar-refractivity contribution in [2.24, 2.45) is 0 Å². The van der Waals surface area contributed by atoms with Gasteiger partial charge in [0.15, 0.2) is 15.8 Å². The Morgan fingerprint density at radius 2 is 2.07 bits per heavy atom. The Kier molecular flexibility index (Phi) is 6.40. The zero-order chi connectivity index (χ0) is 21.0. The van der Waals surface area contributed by atoms with Gasteiger partial charge >= 0.3 is 0 Å². The number of phenols is 1. The summed E-state index contributed by atoms with van der Waals surface area (Å²) in [4.78, 5) is 25.4. The largest absolute Gasteiger partial charge is 0.508 e. The highest BCUT2D eigenvalue weighted by Crippen LogP contribution is 2.34. The summed E-state index contributed by atoms with van der Waals surface area (Å²) < 4.78 is 11.0. The molecular weight excluding hydrogens is 412 g/mol. The zero-order valence-electron chi connectivity index (χ0n) is 15.7. The molecular formula is C20H18N2O5S2. The minimum Gasteiger partial charge on any atom is -0.508 e. The number of hydrogen-bond donors (Lipinski definition) is 2. The normalized spacial score (nSPS) is 15.0. The van der Waals surface area contributed by atoms with E-state index in [4.69, 9.17) is 21.7 Å². The summed E-state index contributed by atoms with van der Waals surface area (Å²) in [6, 6.07) is 11.1. The van der Waals surface area contributed by atoms with E-state index in [1.54, 1.807) is 24.3 Å². The maximum Gasteiger partial charge on any atom is 0.285 e. The van der Waals surface area contributed by atoms with Crippen LogP contribution in [0.5, 0.6) is 17.2 Å². The van der Waals surface area contributed by atoms with Crippen LogP contribution in [-0.4, -0.2) is 40.0 Å². The van der Waals surface area contributed by atoms with Crippen molar-refractivity contribution >= 4 is 46.2 Å². The summed E-state index contributed by atoms with van der Waals surface area (Å²) in [6.45, 7) is 2.39. The lowest BCUT2D eigenvalue weighted by molar-refractivity contribution is -0.123. The summed E-state index contributed by atoms with van der Waals surface area (Å²) in [7, 11) is 1.54. The molecule has 29 heavy (non-hydrogen) atoms. The van der Waals surface area contributed by atoms with Gasteiger partial charge in [-0.1, -0.05) is 23.9 Å². The van der Waals surface area contributed by atoms with Crippen LogP contribution in [0.15, 0.2) is 47.4 Å². The third-order valence-electron chi connectivity index (χ3n) is 3.90. The number of phenolic OH excluding ortho intramolecular Hbond substituents is 1. The van der Waals surface area contributed by atoms with Gasteiger partial charge in [-0.2, -0.15) is 5.01 Å². The molecule has 0 aromatic heterocycles. The fraction of sp³-hybridized carbons (Fsp3) is 0.150. The smallest absolute Gasteiger partial charge is 0.285 e. The lowest BCUT2D eigenvalue weighted by Crippen LogP contribution is -2.44. The molecule has 1 fully saturated rings. The molecule has 1 saturated heterocycles. The molecule has 2 amide bonds. The van der Waals surface area contributed by atoms with Crippen molar-refractivity contribution in [2.75, 3.05) is 13.7 Å². The molecule has 0 unspecified atom stereocenters. The van der Waals surface area contributed by atoms with Gasteiger partial charge in [0.05, 0.1) is 18.6 Å². The van der Waals surface area contributed by atoms with E-state index in [0.29, 0.717) is 23.0 Å². The second-order valence-corrected chi connectivity index (χ2v) is 7.53. The van der Waals surface area contributed by atoms with E-state index in [2.05, 4.69) is 5.43 Å². The molecule has 0 spiro atoms. The first-order valence-corrected chi connectivity index (χ1v) is 9.84. The van der Waals surface area contributed by atoms with E-state index in [1.807, 2.05) is 6.92 Å². The van der Waals surface area contributed by atoms with Crippen molar-refractivity contribution in [3.63, 3.8) is 0 Å². The van der Waals surface area contributed by atoms with Gasteiger partial charge in [-0.05, 0) is 61.1 Å². The average molecular weight is 431 g/mol. The number of hydrazine groups is 1. The lowest BCUT2D eigenvalue weighted by atomic mass is 10.2. The molecule has 2 aromatic rings. The van der Waals surface area contributed by atoms with Gasteiger partial charge < -0.3 is 14.6 Å². The van der Waals surface area contributed by atoms with Crippen molar-refractivity contribution in [3.05, 3.63) is 58.5 Å². The van der Waals surface area contributed by atoms with Crippen LogP contribution in [-0.2, 0) is 4.79 Å². The van der Waals surface area contributed by atoms with Gasteiger partial charge in [-0.25, -0.2) is 0 Å². The molecule has 0 saturated carbocycles. The SMILES string of the molecule is CCOc1ccc(/C=C2\SC(=S)N(NC(=O)c3cccc(O)c3)C2=O)cc1OC. The zero-order valence-corrected chi connectivity index (χ0v) is 17.3. The fourth-order valence-corrected chi connectivity index (χ4v) is 3.76.